The van der Waals surface area contributed by atoms with E-state index in [-0.39, 0.29) is 30.3 Å². The van der Waals surface area contributed by atoms with Gasteiger partial charge in [-0.25, -0.2) is 9.59 Å². The lowest BCUT2D eigenvalue weighted by Gasteiger charge is -2.23. The Morgan fingerprint density at radius 2 is 1.80 bits per heavy atom. The molecule has 0 aromatic heterocycles. The number of nitrogens with one attached hydrogen (secondary N) is 1. The molecule has 0 bridgehead atoms. The number of halogens is 1. The van der Waals surface area contributed by atoms with Gasteiger partial charge in [-0.15, -0.1) is 11.6 Å². The summed E-state index contributed by atoms with van der Waals surface area (Å²) in [5.41, 5.74) is 0.625. The van der Waals surface area contributed by atoms with Crippen LogP contribution in [0.15, 0.2) is 24.3 Å². The van der Waals surface area contributed by atoms with Crippen LogP contribution in [0.25, 0.3) is 0 Å². The maximum Gasteiger partial charge on any atom is 0.413 e. The van der Waals surface area contributed by atoms with Crippen LogP contribution in [0.5, 0.6) is 5.75 Å². The lowest BCUT2D eigenvalue weighted by molar-refractivity contribution is -0.140. The molecule has 0 radical (unpaired) electrons. The Morgan fingerprint density at radius 3 is 2.30 bits per heavy atom. The molecule has 0 fully saturated rings. The predicted octanol–water partition coefficient (Wildman–Crippen LogP) is 1.11. The summed E-state index contributed by atoms with van der Waals surface area (Å²) in [7, 11) is -2.56. The van der Waals surface area contributed by atoms with E-state index in [0.29, 0.717) is 12.2 Å². The first-order valence-corrected chi connectivity index (χ1v) is 10.8. The smallest absolute Gasteiger partial charge is 0.413 e. The van der Waals surface area contributed by atoms with E-state index in [9.17, 15) is 22.8 Å². The Labute approximate surface area is 178 Å². The molecule has 0 aliphatic heterocycles. The van der Waals surface area contributed by atoms with Gasteiger partial charge in [0.05, 0.1) is 12.9 Å². The van der Waals surface area contributed by atoms with Crippen molar-refractivity contribution < 1.29 is 41.9 Å². The number of anilines is 1. The summed E-state index contributed by atoms with van der Waals surface area (Å²) in [6.07, 6.45) is -1.78. The third-order valence-electron chi connectivity index (χ3n) is 3.87. The zero-order valence-electron chi connectivity index (χ0n) is 16.1. The van der Waals surface area contributed by atoms with Crippen molar-refractivity contribution in [2.24, 2.45) is 0 Å². The van der Waals surface area contributed by atoms with E-state index in [0.717, 1.165) is 7.11 Å². The van der Waals surface area contributed by atoms with Gasteiger partial charge >= 0.3 is 18.0 Å². The molecule has 1 atom stereocenters. The Bertz CT molecular complexity index is 830. The molecule has 0 spiro atoms. The summed E-state index contributed by atoms with van der Waals surface area (Å²) in [6, 6.07) is 4.62. The molecule has 0 unspecified atom stereocenters. The number of carboxylic acids is 2. The van der Waals surface area contributed by atoms with Gasteiger partial charge in [0.25, 0.3) is 10.1 Å². The summed E-state index contributed by atoms with van der Waals surface area (Å²) in [4.78, 5) is 35.3. The second-order valence-electron chi connectivity index (χ2n) is 5.96. The second kappa shape index (κ2) is 12.2. The first-order chi connectivity index (χ1) is 14.1. The van der Waals surface area contributed by atoms with Gasteiger partial charge in [0.2, 0.25) is 0 Å². The van der Waals surface area contributed by atoms with Gasteiger partial charge in [0.1, 0.15) is 11.8 Å². The van der Waals surface area contributed by atoms with Crippen LogP contribution in [-0.2, 0) is 23.9 Å². The Kier molecular flexibility index (Phi) is 10.4. The standard InChI is InChI=1S/C17H23ClN2O9S/c1-28-30(26,27)11-10-20(9-8-18)12-2-4-13(5-3-12)29-17(25)19-14(16(23)24)6-7-15(21)22/h2-5,14H,6-11H2,1H3,(H,19,25)(H,21,22)(H,23,24)/t14-/m0/s1. The molecule has 11 nitrogen and oxygen atoms in total. The summed E-state index contributed by atoms with van der Waals surface area (Å²) in [5, 5.41) is 19.8. The highest BCUT2D eigenvalue weighted by Crippen LogP contribution is 2.20. The molecule has 1 aromatic carbocycles. The normalized spacial score (nSPS) is 12.1. The third kappa shape index (κ3) is 9.29. The second-order valence-corrected chi connectivity index (χ2v) is 8.19. The number of hydrogen-bond acceptors (Lipinski definition) is 8. The molecule has 1 amide bonds. The zero-order valence-corrected chi connectivity index (χ0v) is 17.7. The van der Waals surface area contributed by atoms with Gasteiger partial charge in [-0.2, -0.15) is 8.42 Å². The molecule has 0 aliphatic carbocycles. The Balaban J connectivity index is 2.73. The highest BCUT2D eigenvalue weighted by Gasteiger charge is 2.22. The van der Waals surface area contributed by atoms with E-state index >= 15 is 0 Å². The minimum absolute atomic E-state index is 0.106. The van der Waals surface area contributed by atoms with Gasteiger partial charge < -0.3 is 25.2 Å². The van der Waals surface area contributed by atoms with Crippen LogP contribution in [0, 0.1) is 0 Å². The summed E-state index contributed by atoms with van der Waals surface area (Å²) in [6.45, 7) is 0.499. The van der Waals surface area contributed by atoms with Crippen LogP contribution in [-0.4, -0.2) is 74.5 Å². The molecule has 1 aromatic rings. The number of rotatable bonds is 13. The van der Waals surface area contributed by atoms with Crippen LogP contribution in [0.1, 0.15) is 12.8 Å². The van der Waals surface area contributed by atoms with Crippen LogP contribution < -0.4 is 15.0 Å². The monoisotopic (exact) mass is 466 g/mol. The third-order valence-corrected chi connectivity index (χ3v) is 5.23. The maximum atomic E-state index is 11.9. The van der Waals surface area contributed by atoms with E-state index in [1.54, 1.807) is 17.0 Å². The highest BCUT2D eigenvalue weighted by atomic mass is 35.5. The summed E-state index contributed by atoms with van der Waals surface area (Å²) < 4.78 is 32.5. The van der Waals surface area contributed by atoms with Crippen molar-refractivity contribution in [3.05, 3.63) is 24.3 Å². The number of benzene rings is 1. The van der Waals surface area contributed by atoms with Crippen LogP contribution in [0.2, 0.25) is 0 Å². The van der Waals surface area contributed by atoms with Crippen molar-refractivity contribution in [3.63, 3.8) is 0 Å². The number of amides is 1. The predicted molar refractivity (Wildman–Crippen MR) is 108 cm³/mol. The van der Waals surface area contributed by atoms with Crippen molar-refractivity contribution in [3.8, 4) is 5.75 Å². The average Bonchev–Trinajstić information content (AvgIpc) is 2.68. The van der Waals surface area contributed by atoms with Crippen molar-refractivity contribution in [2.75, 3.05) is 36.7 Å². The maximum absolute atomic E-state index is 11.9. The topological polar surface area (TPSA) is 160 Å². The lowest BCUT2D eigenvalue weighted by Crippen LogP contribution is -2.42. The van der Waals surface area contributed by atoms with Crippen molar-refractivity contribution in [1.29, 1.82) is 0 Å². The van der Waals surface area contributed by atoms with Crippen LogP contribution in [0.3, 0.4) is 0 Å². The summed E-state index contributed by atoms with van der Waals surface area (Å²) in [5.74, 6) is -2.46. The number of nitrogens with zero attached hydrogens (tertiary/aromatic N) is 1. The quantitative estimate of drug-likeness (QED) is 0.284. The number of carboxylic acid groups (broad SMARTS) is 2. The molecule has 0 heterocycles. The molecule has 0 saturated carbocycles. The number of alkyl halides is 1. The van der Waals surface area contributed by atoms with Gasteiger partial charge in [-0.3, -0.25) is 8.98 Å². The highest BCUT2D eigenvalue weighted by molar-refractivity contribution is 7.86. The fourth-order valence-electron chi connectivity index (χ4n) is 2.31. The van der Waals surface area contributed by atoms with E-state index in [4.69, 9.17) is 26.6 Å². The van der Waals surface area contributed by atoms with Gasteiger partial charge in [0.15, 0.2) is 0 Å². The first-order valence-electron chi connectivity index (χ1n) is 8.70. The van der Waals surface area contributed by atoms with Gasteiger partial charge in [0, 0.05) is 31.1 Å². The molecule has 3 N–H and O–H groups in total. The fraction of sp³-hybridized carbons (Fsp3) is 0.471. The number of ether oxygens (including phenoxy) is 1. The van der Waals surface area contributed by atoms with Crippen molar-refractivity contribution >= 4 is 45.4 Å². The van der Waals surface area contributed by atoms with Crippen LogP contribution >= 0.6 is 11.6 Å². The fourth-order valence-corrected chi connectivity index (χ4v) is 3.12. The number of hydrogen-bond donors (Lipinski definition) is 3. The number of aliphatic carboxylic acids is 2. The van der Waals surface area contributed by atoms with E-state index in [1.807, 2.05) is 0 Å². The summed E-state index contributed by atoms with van der Waals surface area (Å²) >= 11 is 5.76. The van der Waals surface area contributed by atoms with E-state index in [1.165, 1.54) is 12.1 Å². The lowest BCUT2D eigenvalue weighted by atomic mass is 10.1. The van der Waals surface area contributed by atoms with E-state index < -0.39 is 40.6 Å². The molecule has 168 valence electrons. The average molecular weight is 467 g/mol. The SMILES string of the molecule is COS(=O)(=O)CCN(CCCl)c1ccc(OC(=O)N[C@@H](CCC(=O)O)C(=O)O)cc1. The van der Waals surface area contributed by atoms with Gasteiger partial charge in [-0.1, -0.05) is 0 Å². The zero-order chi connectivity index (χ0) is 22.7. The molecule has 0 saturated heterocycles. The molecular weight excluding hydrogens is 444 g/mol. The minimum atomic E-state index is -3.64. The molecular formula is C17H23ClN2O9S. The Morgan fingerprint density at radius 1 is 1.17 bits per heavy atom. The first kappa shape index (κ1) is 25.5. The minimum Gasteiger partial charge on any atom is -0.481 e. The van der Waals surface area contributed by atoms with Gasteiger partial charge in [-0.05, 0) is 30.7 Å². The molecule has 30 heavy (non-hydrogen) atoms. The molecule has 13 heteroatoms. The largest absolute Gasteiger partial charge is 0.481 e. The number of carbonyl (C=O) groups is 3. The van der Waals surface area contributed by atoms with Crippen molar-refractivity contribution in [1.82, 2.24) is 5.32 Å². The van der Waals surface area contributed by atoms with Crippen molar-refractivity contribution in [2.45, 2.75) is 18.9 Å². The molecule has 1 rings (SSSR count). The number of carbonyl (C=O) groups excluding carboxylic acids is 1. The van der Waals surface area contributed by atoms with E-state index in [2.05, 4.69) is 9.50 Å². The van der Waals surface area contributed by atoms with Crippen LogP contribution in [0.4, 0.5) is 10.5 Å². The molecule has 0 aliphatic rings. The Hall–Kier alpha value is -2.57.